The van der Waals surface area contributed by atoms with E-state index in [1.165, 1.54) is 0 Å². The van der Waals surface area contributed by atoms with E-state index in [0.717, 1.165) is 27.5 Å². The van der Waals surface area contributed by atoms with E-state index in [-0.39, 0.29) is 0 Å². The highest BCUT2D eigenvalue weighted by Crippen LogP contribution is 2.37. The van der Waals surface area contributed by atoms with Crippen LogP contribution in [0.4, 0.5) is 0 Å². The van der Waals surface area contributed by atoms with Crippen molar-refractivity contribution in [2.24, 2.45) is 5.73 Å². The van der Waals surface area contributed by atoms with Gasteiger partial charge in [-0.25, -0.2) is 0 Å². The number of ether oxygens (including phenoxy) is 1. The van der Waals surface area contributed by atoms with Gasteiger partial charge in [0.1, 0.15) is 11.5 Å². The van der Waals surface area contributed by atoms with Crippen molar-refractivity contribution >= 4 is 23.2 Å². The standard InChI is InChI=1S/C17H19Cl2NO/c1-10(2)13-8-16(11(3)7-15(13)19)21-17-12(9-20)5-4-6-14(17)18/h4-8,10H,9,20H2,1-3H3. The molecule has 0 aliphatic carbocycles. The number of halogens is 2. The minimum absolute atomic E-state index is 0.320. The van der Waals surface area contributed by atoms with E-state index in [9.17, 15) is 0 Å². The summed E-state index contributed by atoms with van der Waals surface area (Å²) in [6, 6.07) is 9.48. The van der Waals surface area contributed by atoms with Crippen LogP contribution in [0, 0.1) is 6.92 Å². The van der Waals surface area contributed by atoms with Gasteiger partial charge in [-0.15, -0.1) is 0 Å². The Kier molecular flexibility index (Phi) is 5.15. The zero-order chi connectivity index (χ0) is 15.6. The fourth-order valence-corrected chi connectivity index (χ4v) is 2.83. The van der Waals surface area contributed by atoms with Crippen LogP contribution in [-0.2, 0) is 6.54 Å². The first-order chi connectivity index (χ1) is 9.93. The molecule has 0 bridgehead atoms. The predicted octanol–water partition coefficient (Wildman–Crippen LogP) is 5.68. The minimum atomic E-state index is 0.320. The normalized spacial score (nSPS) is 11.0. The number of hydrogen-bond donors (Lipinski definition) is 1. The van der Waals surface area contributed by atoms with Gasteiger partial charge in [-0.2, -0.15) is 0 Å². The first kappa shape index (κ1) is 16.2. The first-order valence-electron chi connectivity index (χ1n) is 6.89. The summed E-state index contributed by atoms with van der Waals surface area (Å²) in [5, 5.41) is 1.31. The Bertz CT molecular complexity index is 653. The second kappa shape index (κ2) is 6.69. The van der Waals surface area contributed by atoms with Crippen molar-refractivity contribution in [3.63, 3.8) is 0 Å². The van der Waals surface area contributed by atoms with Crippen LogP contribution in [0.25, 0.3) is 0 Å². The molecule has 0 atom stereocenters. The Morgan fingerprint density at radius 3 is 2.48 bits per heavy atom. The Balaban J connectivity index is 2.47. The molecule has 0 heterocycles. The molecule has 2 nitrogen and oxygen atoms in total. The van der Waals surface area contributed by atoms with Crippen LogP contribution in [0.1, 0.15) is 36.5 Å². The van der Waals surface area contributed by atoms with Crippen LogP contribution in [0.15, 0.2) is 30.3 Å². The first-order valence-corrected chi connectivity index (χ1v) is 7.65. The molecule has 0 aromatic heterocycles. The summed E-state index contributed by atoms with van der Waals surface area (Å²) >= 11 is 12.5. The van der Waals surface area contributed by atoms with E-state index in [4.69, 9.17) is 33.7 Å². The fourth-order valence-electron chi connectivity index (χ4n) is 2.16. The van der Waals surface area contributed by atoms with Gasteiger partial charge in [0.15, 0.2) is 0 Å². The third kappa shape index (κ3) is 3.52. The number of benzene rings is 2. The van der Waals surface area contributed by atoms with Gasteiger partial charge in [0.25, 0.3) is 0 Å². The van der Waals surface area contributed by atoms with Gasteiger partial charge in [0.2, 0.25) is 0 Å². The lowest BCUT2D eigenvalue weighted by molar-refractivity contribution is 0.472. The Morgan fingerprint density at radius 2 is 1.86 bits per heavy atom. The molecule has 0 unspecified atom stereocenters. The molecule has 0 aliphatic rings. The maximum atomic E-state index is 6.29. The Hall–Kier alpha value is -1.22. The van der Waals surface area contributed by atoms with Crippen LogP contribution in [0.2, 0.25) is 10.0 Å². The van der Waals surface area contributed by atoms with Crippen LogP contribution in [0.5, 0.6) is 11.5 Å². The van der Waals surface area contributed by atoms with Crippen molar-refractivity contribution in [1.29, 1.82) is 0 Å². The quantitative estimate of drug-likeness (QED) is 0.785. The summed E-state index contributed by atoms with van der Waals surface area (Å²) in [4.78, 5) is 0. The molecule has 2 aromatic carbocycles. The van der Waals surface area contributed by atoms with E-state index < -0.39 is 0 Å². The second-order valence-corrected chi connectivity index (χ2v) is 6.14. The van der Waals surface area contributed by atoms with Gasteiger partial charge in [-0.05, 0) is 42.2 Å². The molecule has 0 fully saturated rings. The summed E-state index contributed by atoms with van der Waals surface area (Å²) in [7, 11) is 0. The number of aryl methyl sites for hydroxylation is 1. The molecule has 2 aromatic rings. The summed E-state index contributed by atoms with van der Waals surface area (Å²) in [6.07, 6.45) is 0. The van der Waals surface area contributed by atoms with E-state index in [2.05, 4.69) is 13.8 Å². The zero-order valence-electron chi connectivity index (χ0n) is 12.4. The van der Waals surface area contributed by atoms with Crippen molar-refractivity contribution in [3.05, 3.63) is 57.1 Å². The highest BCUT2D eigenvalue weighted by Gasteiger charge is 2.14. The summed E-state index contributed by atoms with van der Waals surface area (Å²) in [5.74, 6) is 1.69. The molecule has 0 saturated heterocycles. The van der Waals surface area contributed by atoms with Gasteiger partial charge in [-0.3, -0.25) is 0 Å². The molecule has 2 N–H and O–H groups in total. The maximum absolute atomic E-state index is 6.29. The zero-order valence-corrected chi connectivity index (χ0v) is 13.9. The number of rotatable bonds is 4. The molecule has 0 aliphatic heterocycles. The molecular weight excluding hydrogens is 305 g/mol. The topological polar surface area (TPSA) is 35.2 Å². The fraction of sp³-hybridized carbons (Fsp3) is 0.294. The summed E-state index contributed by atoms with van der Waals surface area (Å²) < 4.78 is 6.04. The average molecular weight is 324 g/mol. The van der Waals surface area contributed by atoms with Crippen molar-refractivity contribution in [3.8, 4) is 11.5 Å². The Labute approximate surface area is 135 Å². The van der Waals surface area contributed by atoms with Crippen LogP contribution >= 0.6 is 23.2 Å². The predicted molar refractivity (Wildman–Crippen MR) is 89.7 cm³/mol. The largest absolute Gasteiger partial charge is 0.455 e. The van der Waals surface area contributed by atoms with Crippen LogP contribution in [-0.4, -0.2) is 0 Å². The molecule has 0 amide bonds. The lowest BCUT2D eigenvalue weighted by atomic mass is 10.0. The van der Waals surface area contributed by atoms with Crippen molar-refractivity contribution < 1.29 is 4.74 Å². The summed E-state index contributed by atoms with van der Waals surface area (Å²) in [6.45, 7) is 6.53. The molecule has 112 valence electrons. The van der Waals surface area contributed by atoms with Crippen molar-refractivity contribution in [2.45, 2.75) is 33.2 Å². The highest BCUT2D eigenvalue weighted by molar-refractivity contribution is 6.32. The average Bonchev–Trinajstić information content (AvgIpc) is 2.43. The number of para-hydroxylation sites is 1. The Morgan fingerprint density at radius 1 is 1.14 bits per heavy atom. The van der Waals surface area contributed by atoms with Gasteiger partial charge in [0, 0.05) is 17.1 Å². The second-order valence-electron chi connectivity index (χ2n) is 5.33. The molecular formula is C17H19Cl2NO. The van der Waals surface area contributed by atoms with Gasteiger partial charge in [0.05, 0.1) is 5.02 Å². The summed E-state index contributed by atoms with van der Waals surface area (Å²) in [5.41, 5.74) is 8.65. The third-order valence-corrected chi connectivity index (χ3v) is 4.02. The van der Waals surface area contributed by atoms with Gasteiger partial charge < -0.3 is 10.5 Å². The maximum Gasteiger partial charge on any atom is 0.150 e. The van der Waals surface area contributed by atoms with E-state index in [1.54, 1.807) is 6.07 Å². The lowest BCUT2D eigenvalue weighted by Crippen LogP contribution is -2.01. The molecule has 0 spiro atoms. The van der Waals surface area contributed by atoms with Gasteiger partial charge in [-0.1, -0.05) is 49.2 Å². The molecule has 2 rings (SSSR count). The third-order valence-electron chi connectivity index (χ3n) is 3.40. The van der Waals surface area contributed by atoms with Crippen molar-refractivity contribution in [1.82, 2.24) is 0 Å². The SMILES string of the molecule is Cc1cc(Cl)c(C(C)C)cc1Oc1c(Cl)cccc1CN. The van der Waals surface area contributed by atoms with E-state index in [1.807, 2.05) is 31.2 Å². The van der Waals surface area contributed by atoms with E-state index in [0.29, 0.717) is 23.2 Å². The lowest BCUT2D eigenvalue weighted by Gasteiger charge is -2.17. The van der Waals surface area contributed by atoms with Crippen molar-refractivity contribution in [2.75, 3.05) is 0 Å². The number of hydrogen-bond acceptors (Lipinski definition) is 2. The highest BCUT2D eigenvalue weighted by atomic mass is 35.5. The van der Waals surface area contributed by atoms with Crippen LogP contribution < -0.4 is 10.5 Å². The van der Waals surface area contributed by atoms with Gasteiger partial charge >= 0.3 is 0 Å². The molecule has 0 radical (unpaired) electrons. The molecule has 4 heteroatoms. The minimum Gasteiger partial charge on any atom is -0.455 e. The number of nitrogens with two attached hydrogens (primary N) is 1. The van der Waals surface area contributed by atoms with Crippen LogP contribution in [0.3, 0.4) is 0 Å². The van der Waals surface area contributed by atoms with E-state index >= 15 is 0 Å². The smallest absolute Gasteiger partial charge is 0.150 e. The molecule has 21 heavy (non-hydrogen) atoms. The monoisotopic (exact) mass is 323 g/mol. The molecule has 0 saturated carbocycles.